The van der Waals surface area contributed by atoms with E-state index in [4.69, 9.17) is 0 Å². The molecule has 0 bridgehead atoms. The maximum absolute atomic E-state index is 4.57. The Labute approximate surface area is 114 Å². The van der Waals surface area contributed by atoms with Gasteiger partial charge < -0.3 is 5.32 Å². The minimum atomic E-state index is 0.361. The minimum Gasteiger partial charge on any atom is -0.362 e. The zero-order chi connectivity index (χ0) is 13.2. The summed E-state index contributed by atoms with van der Waals surface area (Å²) in [6.07, 6.45) is 5.39. The maximum Gasteiger partial charge on any atom is 0.148 e. The van der Waals surface area contributed by atoms with E-state index in [0.29, 0.717) is 6.04 Å². The first-order valence-electron chi connectivity index (χ1n) is 6.88. The second-order valence-corrected chi connectivity index (χ2v) is 5.23. The van der Waals surface area contributed by atoms with E-state index in [1.54, 1.807) is 0 Å². The van der Waals surface area contributed by atoms with Crippen molar-refractivity contribution in [2.24, 2.45) is 0 Å². The molecule has 2 aromatic rings. The summed E-state index contributed by atoms with van der Waals surface area (Å²) in [5.41, 5.74) is 4.80. The molecule has 0 saturated heterocycles. The average Bonchev–Trinajstić information content (AvgIpc) is 2.43. The number of aromatic nitrogens is 2. The Morgan fingerprint density at radius 1 is 1.21 bits per heavy atom. The third-order valence-corrected chi connectivity index (χ3v) is 3.76. The summed E-state index contributed by atoms with van der Waals surface area (Å²) >= 11 is 0. The summed E-state index contributed by atoms with van der Waals surface area (Å²) in [7, 11) is 0. The van der Waals surface area contributed by atoms with Gasteiger partial charge in [-0.1, -0.05) is 24.3 Å². The van der Waals surface area contributed by atoms with E-state index in [2.05, 4.69) is 39.6 Å². The molecule has 1 aliphatic carbocycles. The lowest BCUT2D eigenvalue weighted by molar-refractivity contribution is 0.597. The number of nitrogens with zero attached hydrogens (tertiary/aromatic N) is 2. The maximum atomic E-state index is 4.57. The second-order valence-electron chi connectivity index (χ2n) is 5.23. The lowest BCUT2D eigenvalue weighted by atomic mass is 9.88. The molecule has 1 aliphatic rings. The lowest BCUT2D eigenvalue weighted by Gasteiger charge is -2.27. The molecule has 98 valence electrons. The van der Waals surface area contributed by atoms with Crippen molar-refractivity contribution < 1.29 is 0 Å². The fourth-order valence-electron chi connectivity index (χ4n) is 2.74. The van der Waals surface area contributed by atoms with E-state index in [9.17, 15) is 0 Å². The average molecular weight is 253 g/mol. The fraction of sp³-hybridized carbons (Fsp3) is 0.375. The molecule has 0 aliphatic heterocycles. The highest BCUT2D eigenvalue weighted by molar-refractivity contribution is 5.45. The molecule has 0 radical (unpaired) electrons. The van der Waals surface area contributed by atoms with Gasteiger partial charge in [0.2, 0.25) is 0 Å². The molecule has 1 atom stereocenters. The summed E-state index contributed by atoms with van der Waals surface area (Å²) in [6.45, 7) is 3.98. The SMILES string of the molecule is Cc1cnc(C)c(NC2CCCc3ccccc32)n1. The number of benzene rings is 1. The molecule has 0 saturated carbocycles. The molecule has 0 spiro atoms. The molecular weight excluding hydrogens is 234 g/mol. The smallest absolute Gasteiger partial charge is 0.148 e. The van der Waals surface area contributed by atoms with Gasteiger partial charge in [-0.15, -0.1) is 0 Å². The first kappa shape index (κ1) is 12.2. The van der Waals surface area contributed by atoms with Gasteiger partial charge in [-0.2, -0.15) is 0 Å². The fourth-order valence-corrected chi connectivity index (χ4v) is 2.74. The van der Waals surface area contributed by atoms with Gasteiger partial charge in [-0.25, -0.2) is 4.98 Å². The number of nitrogens with one attached hydrogen (secondary N) is 1. The molecule has 19 heavy (non-hydrogen) atoms. The Morgan fingerprint density at radius 3 is 2.95 bits per heavy atom. The summed E-state index contributed by atoms with van der Waals surface area (Å²) in [5, 5.41) is 3.57. The van der Waals surface area contributed by atoms with Crippen LogP contribution in [-0.2, 0) is 6.42 Å². The molecule has 3 rings (SSSR count). The van der Waals surface area contributed by atoms with Crippen LogP contribution in [0.5, 0.6) is 0 Å². The summed E-state index contributed by atoms with van der Waals surface area (Å²) in [6, 6.07) is 9.06. The standard InChI is InChI=1S/C16H19N3/c1-11-10-17-12(2)16(18-11)19-15-9-5-7-13-6-3-4-8-14(13)15/h3-4,6,8,10,15H,5,7,9H2,1-2H3,(H,18,19). The van der Waals surface area contributed by atoms with Crippen LogP contribution < -0.4 is 5.32 Å². The van der Waals surface area contributed by atoms with Gasteiger partial charge >= 0.3 is 0 Å². The van der Waals surface area contributed by atoms with Gasteiger partial charge in [-0.05, 0) is 44.2 Å². The zero-order valence-corrected chi connectivity index (χ0v) is 11.5. The van der Waals surface area contributed by atoms with Gasteiger partial charge in [0.25, 0.3) is 0 Å². The molecule has 1 N–H and O–H groups in total. The Bertz CT molecular complexity index is 592. The summed E-state index contributed by atoms with van der Waals surface area (Å²) in [5.74, 6) is 0.918. The van der Waals surface area contributed by atoms with E-state index in [0.717, 1.165) is 23.6 Å². The first-order valence-corrected chi connectivity index (χ1v) is 6.88. The Kier molecular flexibility index (Phi) is 3.20. The molecule has 1 aromatic carbocycles. The predicted octanol–water partition coefficient (Wildman–Crippen LogP) is 3.58. The molecule has 1 heterocycles. The summed E-state index contributed by atoms with van der Waals surface area (Å²) < 4.78 is 0. The third kappa shape index (κ3) is 2.46. The normalized spacial score (nSPS) is 17.9. The van der Waals surface area contributed by atoms with Crippen molar-refractivity contribution in [1.82, 2.24) is 9.97 Å². The van der Waals surface area contributed by atoms with Crippen LogP contribution in [0.25, 0.3) is 0 Å². The Morgan fingerprint density at radius 2 is 2.05 bits per heavy atom. The van der Waals surface area contributed by atoms with Crippen molar-refractivity contribution in [1.29, 1.82) is 0 Å². The monoisotopic (exact) mass is 253 g/mol. The van der Waals surface area contributed by atoms with Crippen LogP contribution in [0.2, 0.25) is 0 Å². The van der Waals surface area contributed by atoms with E-state index < -0.39 is 0 Å². The lowest BCUT2D eigenvalue weighted by Crippen LogP contribution is -2.18. The van der Waals surface area contributed by atoms with Crippen LogP contribution >= 0.6 is 0 Å². The van der Waals surface area contributed by atoms with Crippen molar-refractivity contribution in [3.63, 3.8) is 0 Å². The number of fused-ring (bicyclic) bond motifs is 1. The molecular formula is C16H19N3. The second kappa shape index (κ2) is 5.00. The van der Waals surface area contributed by atoms with Gasteiger partial charge in [0.05, 0.1) is 17.4 Å². The van der Waals surface area contributed by atoms with E-state index in [1.165, 1.54) is 24.0 Å². The van der Waals surface area contributed by atoms with Crippen LogP contribution in [0.3, 0.4) is 0 Å². The number of hydrogen-bond acceptors (Lipinski definition) is 3. The predicted molar refractivity (Wildman–Crippen MR) is 77.2 cm³/mol. The third-order valence-electron chi connectivity index (χ3n) is 3.76. The van der Waals surface area contributed by atoms with Gasteiger partial charge in [0, 0.05) is 6.20 Å². The van der Waals surface area contributed by atoms with Gasteiger partial charge in [-0.3, -0.25) is 4.98 Å². The number of hydrogen-bond donors (Lipinski definition) is 1. The number of rotatable bonds is 2. The largest absolute Gasteiger partial charge is 0.362 e. The van der Waals surface area contributed by atoms with Crippen LogP contribution in [0, 0.1) is 13.8 Å². The van der Waals surface area contributed by atoms with Gasteiger partial charge in [0.15, 0.2) is 0 Å². The topological polar surface area (TPSA) is 37.8 Å². The van der Waals surface area contributed by atoms with Gasteiger partial charge in [0.1, 0.15) is 5.82 Å². The summed E-state index contributed by atoms with van der Waals surface area (Å²) in [4.78, 5) is 8.94. The van der Waals surface area contributed by atoms with Crippen molar-refractivity contribution in [3.8, 4) is 0 Å². The molecule has 3 heteroatoms. The van der Waals surface area contributed by atoms with Crippen molar-refractivity contribution in [2.75, 3.05) is 5.32 Å². The molecule has 1 aromatic heterocycles. The first-order chi connectivity index (χ1) is 9.24. The molecule has 1 unspecified atom stereocenters. The van der Waals surface area contributed by atoms with Crippen LogP contribution in [-0.4, -0.2) is 9.97 Å². The number of anilines is 1. The van der Waals surface area contributed by atoms with Crippen molar-refractivity contribution in [3.05, 3.63) is 53.0 Å². The van der Waals surface area contributed by atoms with Crippen molar-refractivity contribution >= 4 is 5.82 Å². The van der Waals surface area contributed by atoms with Crippen molar-refractivity contribution in [2.45, 2.75) is 39.2 Å². The Balaban J connectivity index is 1.90. The van der Waals surface area contributed by atoms with Crippen LogP contribution in [0.4, 0.5) is 5.82 Å². The van der Waals surface area contributed by atoms with Crippen LogP contribution in [0.15, 0.2) is 30.5 Å². The Hall–Kier alpha value is -1.90. The highest BCUT2D eigenvalue weighted by Crippen LogP contribution is 2.32. The minimum absolute atomic E-state index is 0.361. The van der Waals surface area contributed by atoms with E-state index >= 15 is 0 Å². The molecule has 0 fully saturated rings. The van der Waals surface area contributed by atoms with Crippen LogP contribution in [0.1, 0.15) is 41.4 Å². The highest BCUT2D eigenvalue weighted by Gasteiger charge is 2.20. The number of aryl methyl sites for hydroxylation is 3. The molecule has 3 nitrogen and oxygen atoms in total. The molecule has 0 amide bonds. The van der Waals surface area contributed by atoms with E-state index in [-0.39, 0.29) is 0 Å². The van der Waals surface area contributed by atoms with E-state index in [1.807, 2.05) is 20.0 Å². The highest BCUT2D eigenvalue weighted by atomic mass is 15.0. The quantitative estimate of drug-likeness (QED) is 0.889. The zero-order valence-electron chi connectivity index (χ0n) is 11.5.